The summed E-state index contributed by atoms with van der Waals surface area (Å²) in [6, 6.07) is 11.2. The SMILES string of the molecule is CC(NC1(C)CCCC1)c1ccccc1. The predicted molar refractivity (Wildman–Crippen MR) is 64.9 cm³/mol. The van der Waals surface area contributed by atoms with Crippen LogP contribution in [0.25, 0.3) is 0 Å². The van der Waals surface area contributed by atoms with Crippen molar-refractivity contribution >= 4 is 0 Å². The average molecular weight is 203 g/mol. The molecule has 82 valence electrons. The van der Waals surface area contributed by atoms with Crippen molar-refractivity contribution in [3.63, 3.8) is 0 Å². The van der Waals surface area contributed by atoms with Gasteiger partial charge in [-0.05, 0) is 32.3 Å². The zero-order valence-corrected chi connectivity index (χ0v) is 9.79. The number of hydrogen-bond donors (Lipinski definition) is 1. The Hall–Kier alpha value is -0.820. The minimum Gasteiger partial charge on any atom is -0.305 e. The molecule has 1 N–H and O–H groups in total. The fraction of sp³-hybridized carbons (Fsp3) is 0.571. The topological polar surface area (TPSA) is 12.0 Å². The van der Waals surface area contributed by atoms with Crippen LogP contribution in [0.1, 0.15) is 51.1 Å². The van der Waals surface area contributed by atoms with Gasteiger partial charge in [0, 0.05) is 11.6 Å². The van der Waals surface area contributed by atoms with Gasteiger partial charge < -0.3 is 5.32 Å². The van der Waals surface area contributed by atoms with Crippen molar-refractivity contribution in [2.24, 2.45) is 0 Å². The van der Waals surface area contributed by atoms with E-state index < -0.39 is 0 Å². The zero-order valence-electron chi connectivity index (χ0n) is 9.79. The molecule has 1 aromatic carbocycles. The third-order valence-electron chi connectivity index (χ3n) is 3.57. The molecule has 1 atom stereocenters. The van der Waals surface area contributed by atoms with Crippen LogP contribution in [-0.4, -0.2) is 5.54 Å². The molecule has 0 heterocycles. The van der Waals surface area contributed by atoms with Crippen LogP contribution in [0.4, 0.5) is 0 Å². The highest BCUT2D eigenvalue weighted by atomic mass is 15.0. The molecule has 1 aliphatic carbocycles. The summed E-state index contributed by atoms with van der Waals surface area (Å²) < 4.78 is 0. The Morgan fingerprint density at radius 2 is 1.73 bits per heavy atom. The van der Waals surface area contributed by atoms with Gasteiger partial charge in [0.1, 0.15) is 0 Å². The first kappa shape index (κ1) is 10.7. The largest absolute Gasteiger partial charge is 0.305 e. The van der Waals surface area contributed by atoms with Gasteiger partial charge in [-0.15, -0.1) is 0 Å². The van der Waals surface area contributed by atoms with Gasteiger partial charge >= 0.3 is 0 Å². The van der Waals surface area contributed by atoms with Crippen LogP contribution in [0.15, 0.2) is 30.3 Å². The Labute approximate surface area is 92.9 Å². The van der Waals surface area contributed by atoms with Crippen LogP contribution in [0.2, 0.25) is 0 Å². The minimum absolute atomic E-state index is 0.370. The number of benzene rings is 1. The van der Waals surface area contributed by atoms with Crippen LogP contribution in [0.3, 0.4) is 0 Å². The highest BCUT2D eigenvalue weighted by molar-refractivity contribution is 5.18. The van der Waals surface area contributed by atoms with Crippen molar-refractivity contribution in [2.75, 3.05) is 0 Å². The Bertz CT molecular complexity index is 298. The molecule has 15 heavy (non-hydrogen) atoms. The van der Waals surface area contributed by atoms with Gasteiger partial charge in [-0.2, -0.15) is 0 Å². The standard InChI is InChI=1S/C14H21N/c1-12(13-8-4-3-5-9-13)15-14(2)10-6-7-11-14/h3-5,8-9,12,15H,6-7,10-11H2,1-2H3. The summed E-state index contributed by atoms with van der Waals surface area (Å²) in [5.41, 5.74) is 1.76. The normalized spacial score (nSPS) is 21.5. The second kappa shape index (κ2) is 4.36. The molecule has 0 saturated heterocycles. The molecule has 1 aromatic rings. The molecular weight excluding hydrogens is 182 g/mol. The Balaban J connectivity index is 2.00. The van der Waals surface area contributed by atoms with E-state index in [0.717, 1.165) is 0 Å². The first-order valence-corrected chi connectivity index (χ1v) is 6.02. The molecule has 0 bridgehead atoms. The summed E-state index contributed by atoms with van der Waals surface area (Å²) in [6.07, 6.45) is 5.41. The monoisotopic (exact) mass is 203 g/mol. The van der Waals surface area contributed by atoms with Crippen LogP contribution >= 0.6 is 0 Å². The number of hydrogen-bond acceptors (Lipinski definition) is 1. The summed E-state index contributed by atoms with van der Waals surface area (Å²) in [4.78, 5) is 0. The van der Waals surface area contributed by atoms with Crippen molar-refractivity contribution in [3.05, 3.63) is 35.9 Å². The van der Waals surface area contributed by atoms with Crippen LogP contribution < -0.4 is 5.32 Å². The Morgan fingerprint density at radius 1 is 1.13 bits per heavy atom. The second-order valence-corrected chi connectivity index (χ2v) is 5.04. The first-order chi connectivity index (χ1) is 7.20. The van der Waals surface area contributed by atoms with E-state index in [9.17, 15) is 0 Å². The molecule has 1 unspecified atom stereocenters. The predicted octanol–water partition coefficient (Wildman–Crippen LogP) is 3.67. The van der Waals surface area contributed by atoms with Crippen molar-refractivity contribution in [3.8, 4) is 0 Å². The van der Waals surface area contributed by atoms with Gasteiger partial charge in [0.15, 0.2) is 0 Å². The third kappa shape index (κ3) is 2.60. The van der Waals surface area contributed by atoms with E-state index >= 15 is 0 Å². The quantitative estimate of drug-likeness (QED) is 0.790. The lowest BCUT2D eigenvalue weighted by Crippen LogP contribution is -2.40. The molecule has 1 aliphatic rings. The summed E-state index contributed by atoms with van der Waals surface area (Å²) in [5, 5.41) is 3.77. The first-order valence-electron chi connectivity index (χ1n) is 6.02. The minimum atomic E-state index is 0.370. The number of rotatable bonds is 3. The summed E-state index contributed by atoms with van der Waals surface area (Å²) in [6.45, 7) is 4.62. The molecule has 0 aliphatic heterocycles. The second-order valence-electron chi connectivity index (χ2n) is 5.04. The number of nitrogens with one attached hydrogen (secondary N) is 1. The maximum atomic E-state index is 3.77. The fourth-order valence-electron chi connectivity index (χ4n) is 2.65. The zero-order chi connectivity index (χ0) is 10.7. The Kier molecular flexibility index (Phi) is 3.11. The fourth-order valence-corrected chi connectivity index (χ4v) is 2.65. The van der Waals surface area contributed by atoms with E-state index in [1.807, 2.05) is 0 Å². The van der Waals surface area contributed by atoms with E-state index in [0.29, 0.717) is 11.6 Å². The Morgan fingerprint density at radius 3 is 2.33 bits per heavy atom. The van der Waals surface area contributed by atoms with E-state index in [1.165, 1.54) is 31.2 Å². The molecule has 1 fully saturated rings. The van der Waals surface area contributed by atoms with Crippen LogP contribution in [0.5, 0.6) is 0 Å². The van der Waals surface area contributed by atoms with Gasteiger partial charge in [0.25, 0.3) is 0 Å². The van der Waals surface area contributed by atoms with Crippen LogP contribution in [0, 0.1) is 0 Å². The molecule has 1 saturated carbocycles. The van der Waals surface area contributed by atoms with Gasteiger partial charge in [-0.1, -0.05) is 43.2 Å². The van der Waals surface area contributed by atoms with Crippen molar-refractivity contribution in [1.29, 1.82) is 0 Å². The molecule has 0 spiro atoms. The van der Waals surface area contributed by atoms with Crippen molar-refractivity contribution in [1.82, 2.24) is 5.32 Å². The van der Waals surface area contributed by atoms with Crippen molar-refractivity contribution < 1.29 is 0 Å². The molecule has 2 rings (SSSR count). The van der Waals surface area contributed by atoms with Gasteiger partial charge in [0.05, 0.1) is 0 Å². The van der Waals surface area contributed by atoms with Gasteiger partial charge in [-0.3, -0.25) is 0 Å². The van der Waals surface area contributed by atoms with E-state index in [1.54, 1.807) is 0 Å². The van der Waals surface area contributed by atoms with Gasteiger partial charge in [-0.25, -0.2) is 0 Å². The molecule has 1 nitrogen and oxygen atoms in total. The molecule has 0 radical (unpaired) electrons. The molecular formula is C14H21N. The maximum absolute atomic E-state index is 3.77. The van der Waals surface area contributed by atoms with E-state index in [2.05, 4.69) is 49.5 Å². The van der Waals surface area contributed by atoms with Crippen molar-refractivity contribution in [2.45, 2.75) is 51.1 Å². The summed E-state index contributed by atoms with van der Waals surface area (Å²) in [5.74, 6) is 0. The average Bonchev–Trinajstić information content (AvgIpc) is 2.66. The van der Waals surface area contributed by atoms with E-state index in [4.69, 9.17) is 0 Å². The van der Waals surface area contributed by atoms with Gasteiger partial charge in [0.2, 0.25) is 0 Å². The highest BCUT2D eigenvalue weighted by Gasteiger charge is 2.29. The molecule has 0 amide bonds. The van der Waals surface area contributed by atoms with E-state index in [-0.39, 0.29) is 0 Å². The lowest BCUT2D eigenvalue weighted by Gasteiger charge is -2.30. The molecule has 1 heteroatoms. The highest BCUT2D eigenvalue weighted by Crippen LogP contribution is 2.31. The lowest BCUT2D eigenvalue weighted by molar-refractivity contribution is 0.327. The maximum Gasteiger partial charge on any atom is 0.0296 e. The smallest absolute Gasteiger partial charge is 0.0296 e. The summed E-state index contributed by atoms with van der Waals surface area (Å²) >= 11 is 0. The third-order valence-corrected chi connectivity index (χ3v) is 3.57. The molecule has 0 aromatic heterocycles. The summed E-state index contributed by atoms with van der Waals surface area (Å²) in [7, 11) is 0. The lowest BCUT2D eigenvalue weighted by atomic mass is 9.97. The van der Waals surface area contributed by atoms with Crippen LogP contribution in [-0.2, 0) is 0 Å².